The van der Waals surface area contributed by atoms with Crippen molar-refractivity contribution in [1.29, 1.82) is 0 Å². The normalized spacial score (nSPS) is 21.3. The predicted molar refractivity (Wildman–Crippen MR) is 133 cm³/mol. The number of pyridine rings is 1. The SMILES string of the molecule is CC(C)CC(N)C(=O)N1[C@H](C)CN(c2c(F)c(N)c3c(=O)c(C(=O)O)cn(C4CC4)c3c2F)C[C@@H]1C. The van der Waals surface area contributed by atoms with Crippen LogP contribution in [-0.2, 0) is 4.79 Å². The molecule has 2 aromatic rings. The number of rotatable bonds is 6. The van der Waals surface area contributed by atoms with Crippen LogP contribution in [0, 0.1) is 17.6 Å². The summed E-state index contributed by atoms with van der Waals surface area (Å²) in [5.41, 5.74) is 9.40. The zero-order chi connectivity index (χ0) is 26.6. The van der Waals surface area contributed by atoms with E-state index in [1.54, 1.807) is 18.7 Å². The number of piperazine rings is 1. The Kier molecular flexibility index (Phi) is 6.72. The fraction of sp³-hybridized carbons (Fsp3) is 0.560. The van der Waals surface area contributed by atoms with Gasteiger partial charge < -0.3 is 30.9 Å². The zero-order valence-electron chi connectivity index (χ0n) is 20.9. The van der Waals surface area contributed by atoms with Crippen molar-refractivity contribution in [2.75, 3.05) is 23.7 Å². The van der Waals surface area contributed by atoms with E-state index in [1.165, 1.54) is 9.47 Å². The van der Waals surface area contributed by atoms with Gasteiger partial charge in [-0.2, -0.15) is 0 Å². The molecule has 9 nitrogen and oxygen atoms in total. The van der Waals surface area contributed by atoms with E-state index in [1.807, 2.05) is 13.8 Å². The van der Waals surface area contributed by atoms with Crippen molar-refractivity contribution < 1.29 is 23.5 Å². The Morgan fingerprint density at radius 1 is 1.14 bits per heavy atom. The molecule has 1 saturated heterocycles. The van der Waals surface area contributed by atoms with Gasteiger partial charge in [0.15, 0.2) is 11.6 Å². The number of amides is 1. The summed E-state index contributed by atoms with van der Waals surface area (Å²) >= 11 is 0. The molecule has 1 saturated carbocycles. The summed E-state index contributed by atoms with van der Waals surface area (Å²) in [5.74, 6) is -3.53. The largest absolute Gasteiger partial charge is 0.477 e. The number of nitrogens with two attached hydrogens (primary N) is 2. The number of aromatic nitrogens is 1. The van der Waals surface area contributed by atoms with Gasteiger partial charge in [0.1, 0.15) is 11.3 Å². The van der Waals surface area contributed by atoms with Crippen LogP contribution in [-0.4, -0.2) is 57.7 Å². The summed E-state index contributed by atoms with van der Waals surface area (Å²) in [6.45, 7) is 7.81. The second kappa shape index (κ2) is 9.34. The number of carboxylic acids is 1. The Balaban J connectivity index is 1.79. The summed E-state index contributed by atoms with van der Waals surface area (Å²) in [6.07, 6.45) is 3.00. The molecule has 2 heterocycles. The molecule has 0 bridgehead atoms. The van der Waals surface area contributed by atoms with Crippen LogP contribution in [0.25, 0.3) is 10.9 Å². The quantitative estimate of drug-likeness (QED) is 0.514. The van der Waals surface area contributed by atoms with Gasteiger partial charge in [-0.1, -0.05) is 13.8 Å². The van der Waals surface area contributed by atoms with Gasteiger partial charge in [0, 0.05) is 37.4 Å². The summed E-state index contributed by atoms with van der Waals surface area (Å²) < 4.78 is 33.1. The number of carbonyl (C=O) groups excluding carboxylic acids is 1. The first-order valence-corrected chi connectivity index (χ1v) is 12.3. The summed E-state index contributed by atoms with van der Waals surface area (Å²) in [4.78, 5) is 40.7. The van der Waals surface area contributed by atoms with Gasteiger partial charge in [0.2, 0.25) is 11.3 Å². The van der Waals surface area contributed by atoms with Crippen LogP contribution >= 0.6 is 0 Å². The molecule has 2 aliphatic rings. The van der Waals surface area contributed by atoms with Gasteiger partial charge in [-0.05, 0) is 39.0 Å². The monoisotopic (exact) mass is 505 g/mol. The standard InChI is InChI=1S/C25H33F2N5O4/c1-11(2)7-16(28)24(34)32-12(3)8-30(9-13(32)4)22-18(26)20(29)17-21(19(22)27)31(14-5-6-14)10-15(23(17)33)25(35)36/h10-14,16H,5-9,28-29H2,1-4H3,(H,35,36)/t12-,13+,16?. The second-order valence-corrected chi connectivity index (χ2v) is 10.5. The Hall–Kier alpha value is -3.21. The molecule has 2 fully saturated rings. The van der Waals surface area contributed by atoms with Crippen molar-refractivity contribution in [3.8, 4) is 0 Å². The zero-order valence-corrected chi connectivity index (χ0v) is 20.9. The van der Waals surface area contributed by atoms with Crippen molar-refractivity contribution in [2.24, 2.45) is 11.7 Å². The van der Waals surface area contributed by atoms with Crippen molar-refractivity contribution >= 4 is 34.2 Å². The minimum absolute atomic E-state index is 0.129. The molecule has 1 aliphatic heterocycles. The van der Waals surface area contributed by atoms with E-state index in [0.29, 0.717) is 19.3 Å². The van der Waals surface area contributed by atoms with E-state index in [9.17, 15) is 19.5 Å². The van der Waals surface area contributed by atoms with E-state index >= 15 is 8.78 Å². The number of fused-ring (bicyclic) bond motifs is 1. The predicted octanol–water partition coefficient (Wildman–Crippen LogP) is 2.69. The van der Waals surface area contributed by atoms with Gasteiger partial charge >= 0.3 is 5.97 Å². The summed E-state index contributed by atoms with van der Waals surface area (Å²) in [7, 11) is 0. The molecule has 1 amide bonds. The molecule has 0 radical (unpaired) electrons. The molecule has 36 heavy (non-hydrogen) atoms. The van der Waals surface area contributed by atoms with E-state index in [2.05, 4.69) is 0 Å². The number of hydrogen-bond acceptors (Lipinski definition) is 6. The lowest BCUT2D eigenvalue weighted by Gasteiger charge is -2.46. The number of carbonyl (C=O) groups is 2. The molecule has 1 aromatic heterocycles. The molecular weight excluding hydrogens is 472 g/mol. The Labute approximate surface area is 207 Å². The third-order valence-electron chi connectivity index (χ3n) is 7.07. The fourth-order valence-electron chi connectivity index (χ4n) is 5.36. The number of halogens is 2. The minimum Gasteiger partial charge on any atom is -0.477 e. The molecule has 5 N–H and O–H groups in total. The van der Waals surface area contributed by atoms with Crippen LogP contribution in [0.15, 0.2) is 11.0 Å². The van der Waals surface area contributed by atoms with Gasteiger partial charge in [0.25, 0.3) is 0 Å². The summed E-state index contributed by atoms with van der Waals surface area (Å²) in [5, 5.41) is 9.00. The molecule has 3 atom stereocenters. The Morgan fingerprint density at radius 2 is 1.72 bits per heavy atom. The smallest absolute Gasteiger partial charge is 0.341 e. The fourth-order valence-corrected chi connectivity index (χ4v) is 5.36. The van der Waals surface area contributed by atoms with Crippen LogP contribution in [0.3, 0.4) is 0 Å². The molecule has 0 spiro atoms. The van der Waals surface area contributed by atoms with Crippen LogP contribution in [0.5, 0.6) is 0 Å². The first-order valence-electron chi connectivity index (χ1n) is 12.3. The molecular formula is C25H33F2N5O4. The lowest BCUT2D eigenvalue weighted by Crippen LogP contribution is -2.62. The van der Waals surface area contributed by atoms with Gasteiger partial charge in [0.05, 0.1) is 22.6 Å². The number of hydrogen-bond donors (Lipinski definition) is 3. The number of nitrogen functional groups attached to an aromatic ring is 1. The first-order chi connectivity index (χ1) is 16.8. The van der Waals surface area contributed by atoms with Gasteiger partial charge in [-0.15, -0.1) is 0 Å². The Bertz CT molecular complexity index is 1280. The highest BCUT2D eigenvalue weighted by Crippen LogP contribution is 2.42. The molecule has 1 aromatic carbocycles. The van der Waals surface area contributed by atoms with Crippen molar-refractivity contribution in [3.63, 3.8) is 0 Å². The highest BCUT2D eigenvalue weighted by Gasteiger charge is 2.39. The number of nitrogens with zero attached hydrogens (tertiary/aromatic N) is 3. The van der Waals surface area contributed by atoms with Crippen molar-refractivity contribution in [1.82, 2.24) is 9.47 Å². The lowest BCUT2D eigenvalue weighted by atomic mass is 9.99. The number of aromatic carboxylic acids is 1. The number of carboxylic acid groups (broad SMARTS) is 1. The van der Waals surface area contributed by atoms with Gasteiger partial charge in [-0.3, -0.25) is 9.59 Å². The average Bonchev–Trinajstić information content (AvgIpc) is 3.61. The molecule has 11 heteroatoms. The van der Waals surface area contributed by atoms with E-state index < -0.39 is 57.8 Å². The second-order valence-electron chi connectivity index (χ2n) is 10.5. The maximum atomic E-state index is 16.1. The van der Waals surface area contributed by atoms with Crippen molar-refractivity contribution in [3.05, 3.63) is 33.6 Å². The van der Waals surface area contributed by atoms with E-state index in [4.69, 9.17) is 11.5 Å². The highest BCUT2D eigenvalue weighted by atomic mass is 19.1. The van der Waals surface area contributed by atoms with E-state index in [0.717, 1.165) is 6.20 Å². The molecule has 196 valence electrons. The lowest BCUT2D eigenvalue weighted by molar-refractivity contribution is -0.137. The first kappa shape index (κ1) is 25.9. The molecule has 1 unspecified atom stereocenters. The molecule has 1 aliphatic carbocycles. The average molecular weight is 506 g/mol. The maximum Gasteiger partial charge on any atom is 0.341 e. The minimum atomic E-state index is -1.49. The summed E-state index contributed by atoms with van der Waals surface area (Å²) in [6, 6.07) is -1.65. The Morgan fingerprint density at radius 3 is 2.22 bits per heavy atom. The molecule has 4 rings (SSSR count). The van der Waals surface area contributed by atoms with Crippen LogP contribution in [0.1, 0.15) is 63.4 Å². The van der Waals surface area contributed by atoms with Crippen LogP contribution in [0.2, 0.25) is 0 Å². The third kappa shape index (κ3) is 4.29. The van der Waals surface area contributed by atoms with Gasteiger partial charge in [-0.25, -0.2) is 13.6 Å². The van der Waals surface area contributed by atoms with Crippen LogP contribution in [0.4, 0.5) is 20.2 Å². The maximum absolute atomic E-state index is 16.1. The number of benzene rings is 1. The topological polar surface area (TPSA) is 135 Å². The third-order valence-corrected chi connectivity index (χ3v) is 7.07. The van der Waals surface area contributed by atoms with Crippen LogP contribution < -0.4 is 21.8 Å². The highest BCUT2D eigenvalue weighted by molar-refractivity contribution is 6.00. The van der Waals surface area contributed by atoms with Crippen molar-refractivity contribution in [2.45, 2.75) is 71.1 Å². The van der Waals surface area contributed by atoms with E-state index in [-0.39, 0.29) is 42.2 Å². The number of anilines is 2.